The van der Waals surface area contributed by atoms with Gasteiger partial charge in [0.05, 0.1) is 6.61 Å². The third kappa shape index (κ3) is 1.93. The van der Waals surface area contributed by atoms with Crippen LogP contribution in [0.1, 0.15) is 6.92 Å². The van der Waals surface area contributed by atoms with E-state index >= 15 is 0 Å². The molecule has 0 bridgehead atoms. The van der Waals surface area contributed by atoms with Crippen molar-refractivity contribution in [3.05, 3.63) is 0 Å². The molecular weight excluding hydrogens is 108 g/mol. The van der Waals surface area contributed by atoms with Crippen molar-refractivity contribution in [2.45, 2.75) is 13.0 Å². The fourth-order valence-corrected chi connectivity index (χ4v) is 0.375. The van der Waals surface area contributed by atoms with Gasteiger partial charge in [0.1, 0.15) is 12.7 Å². The van der Waals surface area contributed by atoms with E-state index in [9.17, 15) is 4.79 Å². The van der Waals surface area contributed by atoms with Crippen LogP contribution in [-0.2, 0) is 14.3 Å². The molecule has 1 aliphatic heterocycles. The summed E-state index contributed by atoms with van der Waals surface area (Å²) in [4.78, 5) is 10.1. The molecule has 1 saturated heterocycles. The fraction of sp³-hybridized carbons (Fsp3) is 0.800. The molecule has 0 aliphatic carbocycles. The van der Waals surface area contributed by atoms with Gasteiger partial charge in [-0.05, 0) is 0 Å². The second-order valence-electron chi connectivity index (χ2n) is 1.76. The molecule has 1 rings (SSSR count). The number of epoxide rings is 1. The number of ether oxygens (including phenoxy) is 2. The predicted molar refractivity (Wildman–Crippen MR) is 26.4 cm³/mol. The Bertz CT molecular complexity index is 95.8. The van der Waals surface area contributed by atoms with Gasteiger partial charge in [0.15, 0.2) is 0 Å². The summed E-state index contributed by atoms with van der Waals surface area (Å²) < 4.78 is 9.38. The third-order valence-corrected chi connectivity index (χ3v) is 0.875. The van der Waals surface area contributed by atoms with Gasteiger partial charge >= 0.3 is 5.97 Å². The first-order valence-electron chi connectivity index (χ1n) is 2.54. The summed E-state index contributed by atoms with van der Waals surface area (Å²) >= 11 is 0. The van der Waals surface area contributed by atoms with Gasteiger partial charge in [0.2, 0.25) is 0 Å². The minimum Gasteiger partial charge on any atom is -0.463 e. The average molecular weight is 116 g/mol. The molecule has 0 aromatic carbocycles. The summed E-state index contributed by atoms with van der Waals surface area (Å²) in [6, 6.07) is 0. The third-order valence-electron chi connectivity index (χ3n) is 0.875. The lowest BCUT2D eigenvalue weighted by Gasteiger charge is -1.93. The molecule has 46 valence electrons. The van der Waals surface area contributed by atoms with E-state index in [1.807, 2.05) is 0 Å². The first-order chi connectivity index (χ1) is 3.79. The molecule has 0 spiro atoms. The van der Waals surface area contributed by atoms with Crippen LogP contribution in [0.15, 0.2) is 0 Å². The summed E-state index contributed by atoms with van der Waals surface area (Å²) in [7, 11) is 0. The highest BCUT2D eigenvalue weighted by Crippen LogP contribution is 2.07. The van der Waals surface area contributed by atoms with Crippen molar-refractivity contribution in [2.75, 3.05) is 13.2 Å². The van der Waals surface area contributed by atoms with Gasteiger partial charge in [0.25, 0.3) is 0 Å². The average Bonchev–Trinajstić information content (AvgIpc) is 2.41. The Hall–Kier alpha value is -0.570. The first-order valence-corrected chi connectivity index (χ1v) is 2.54. The zero-order valence-corrected chi connectivity index (χ0v) is 4.72. The van der Waals surface area contributed by atoms with Crippen LogP contribution in [0.4, 0.5) is 0 Å². The number of hydrogen-bond donors (Lipinski definition) is 0. The molecular formula is C5H8O3. The van der Waals surface area contributed by atoms with Gasteiger partial charge in [-0.3, -0.25) is 4.79 Å². The summed E-state index contributed by atoms with van der Waals surface area (Å²) in [5.74, 6) is -0.236. The van der Waals surface area contributed by atoms with Gasteiger partial charge in [-0.2, -0.15) is 0 Å². The Morgan fingerprint density at radius 1 is 2.00 bits per heavy atom. The van der Waals surface area contributed by atoms with E-state index in [1.165, 1.54) is 6.92 Å². The number of rotatable bonds is 2. The molecule has 0 amide bonds. The number of carbonyl (C=O) groups excluding carboxylic acids is 1. The van der Waals surface area contributed by atoms with Gasteiger partial charge < -0.3 is 9.47 Å². The van der Waals surface area contributed by atoms with Crippen LogP contribution >= 0.6 is 0 Å². The largest absolute Gasteiger partial charge is 0.463 e. The van der Waals surface area contributed by atoms with E-state index in [2.05, 4.69) is 4.74 Å². The highest BCUT2D eigenvalue weighted by Gasteiger charge is 2.23. The second kappa shape index (κ2) is 2.13. The van der Waals surface area contributed by atoms with Crippen molar-refractivity contribution in [1.29, 1.82) is 0 Å². The van der Waals surface area contributed by atoms with Crippen LogP contribution in [0.3, 0.4) is 0 Å². The second-order valence-corrected chi connectivity index (χ2v) is 1.76. The predicted octanol–water partition coefficient (Wildman–Crippen LogP) is -0.0517. The van der Waals surface area contributed by atoms with Crippen molar-refractivity contribution in [1.82, 2.24) is 0 Å². The molecule has 0 aromatic heterocycles. The van der Waals surface area contributed by atoms with E-state index in [0.29, 0.717) is 6.61 Å². The SMILES string of the molecule is CC(=O)OC[C@@H]1CO1. The zero-order chi connectivity index (χ0) is 5.98. The Labute approximate surface area is 47.6 Å². The minimum absolute atomic E-state index is 0.193. The standard InChI is InChI=1S/C5H8O3/c1-4(6)7-2-5-3-8-5/h5H,2-3H2,1H3/t5-/m1/s1. The molecule has 0 radical (unpaired) electrons. The maximum Gasteiger partial charge on any atom is 0.302 e. The van der Waals surface area contributed by atoms with E-state index in [-0.39, 0.29) is 12.1 Å². The van der Waals surface area contributed by atoms with Crippen LogP contribution in [0.2, 0.25) is 0 Å². The molecule has 8 heavy (non-hydrogen) atoms. The van der Waals surface area contributed by atoms with Crippen LogP contribution in [-0.4, -0.2) is 25.3 Å². The fourth-order valence-electron chi connectivity index (χ4n) is 0.375. The smallest absolute Gasteiger partial charge is 0.302 e. The van der Waals surface area contributed by atoms with E-state index in [4.69, 9.17) is 4.74 Å². The Kier molecular flexibility index (Phi) is 1.48. The van der Waals surface area contributed by atoms with Gasteiger partial charge in [-0.1, -0.05) is 0 Å². The van der Waals surface area contributed by atoms with E-state index < -0.39 is 0 Å². The lowest BCUT2D eigenvalue weighted by Crippen LogP contribution is -2.05. The Morgan fingerprint density at radius 3 is 3.00 bits per heavy atom. The van der Waals surface area contributed by atoms with Crippen molar-refractivity contribution in [3.8, 4) is 0 Å². The number of esters is 1. The summed E-state index contributed by atoms with van der Waals surface area (Å²) in [6.45, 7) is 2.56. The highest BCUT2D eigenvalue weighted by molar-refractivity contribution is 5.65. The molecule has 0 saturated carbocycles. The van der Waals surface area contributed by atoms with Crippen molar-refractivity contribution < 1.29 is 14.3 Å². The molecule has 0 aromatic rings. The minimum atomic E-state index is -0.236. The lowest BCUT2D eigenvalue weighted by molar-refractivity contribution is -0.141. The molecule has 1 heterocycles. The summed E-state index contributed by atoms with van der Waals surface area (Å²) in [6.07, 6.45) is 0.193. The van der Waals surface area contributed by atoms with E-state index in [1.54, 1.807) is 0 Å². The highest BCUT2D eigenvalue weighted by atomic mass is 16.6. The molecule has 1 fully saturated rings. The summed E-state index contributed by atoms with van der Waals surface area (Å²) in [5, 5.41) is 0. The van der Waals surface area contributed by atoms with E-state index in [0.717, 1.165) is 6.61 Å². The Balaban J connectivity index is 1.95. The van der Waals surface area contributed by atoms with Crippen LogP contribution < -0.4 is 0 Å². The quantitative estimate of drug-likeness (QED) is 0.375. The lowest BCUT2D eigenvalue weighted by atomic mass is 10.5. The molecule has 1 aliphatic rings. The summed E-state index contributed by atoms with van der Waals surface area (Å²) in [5.41, 5.74) is 0. The van der Waals surface area contributed by atoms with Crippen LogP contribution in [0.5, 0.6) is 0 Å². The molecule has 0 unspecified atom stereocenters. The zero-order valence-electron chi connectivity index (χ0n) is 4.72. The monoisotopic (exact) mass is 116 g/mol. The molecule has 1 atom stereocenters. The first kappa shape index (κ1) is 5.56. The topological polar surface area (TPSA) is 38.8 Å². The Morgan fingerprint density at radius 2 is 2.62 bits per heavy atom. The molecule has 3 nitrogen and oxygen atoms in total. The van der Waals surface area contributed by atoms with Crippen LogP contribution in [0.25, 0.3) is 0 Å². The van der Waals surface area contributed by atoms with Crippen LogP contribution in [0, 0.1) is 0 Å². The van der Waals surface area contributed by atoms with Crippen molar-refractivity contribution in [3.63, 3.8) is 0 Å². The normalized spacial score (nSPS) is 24.9. The number of carbonyl (C=O) groups is 1. The maximum absolute atomic E-state index is 10.1. The maximum atomic E-state index is 10.1. The molecule has 0 N–H and O–H groups in total. The molecule has 3 heteroatoms. The van der Waals surface area contributed by atoms with Crippen molar-refractivity contribution in [2.24, 2.45) is 0 Å². The van der Waals surface area contributed by atoms with Gasteiger partial charge in [0, 0.05) is 6.92 Å². The van der Waals surface area contributed by atoms with Gasteiger partial charge in [-0.15, -0.1) is 0 Å². The van der Waals surface area contributed by atoms with Gasteiger partial charge in [-0.25, -0.2) is 0 Å². The number of hydrogen-bond acceptors (Lipinski definition) is 3. The van der Waals surface area contributed by atoms with Crippen molar-refractivity contribution >= 4 is 5.97 Å².